The van der Waals surface area contributed by atoms with Crippen molar-refractivity contribution in [3.05, 3.63) is 49.9 Å². The second-order valence-corrected chi connectivity index (χ2v) is 5.76. The molecule has 0 unspecified atom stereocenters. The Balaban J connectivity index is 2.41. The van der Waals surface area contributed by atoms with Crippen LogP contribution in [-0.4, -0.2) is 6.08 Å². The number of carbonyl (C=O) groups excluding carboxylic acids is 1. The fourth-order valence-corrected chi connectivity index (χ4v) is 2.69. The van der Waals surface area contributed by atoms with Gasteiger partial charge in [-0.05, 0) is 30.3 Å². The maximum atomic E-state index is 10.2. The predicted octanol–water partition coefficient (Wildman–Crippen LogP) is 6.17. The molecule has 0 amide bonds. The molecule has 2 rings (SSSR count). The van der Waals surface area contributed by atoms with Crippen molar-refractivity contribution in [3.63, 3.8) is 0 Å². The molecule has 102 valence electrons. The molecule has 0 bridgehead atoms. The molecule has 0 fully saturated rings. The number of benzene rings is 2. The lowest BCUT2D eigenvalue weighted by molar-refractivity contribution is 0.483. The van der Waals surface area contributed by atoms with Crippen LogP contribution in [0.25, 0.3) is 0 Å². The molecule has 2 aromatic carbocycles. The molecule has 0 aliphatic carbocycles. The fourth-order valence-electron chi connectivity index (χ4n) is 1.43. The van der Waals surface area contributed by atoms with Crippen molar-refractivity contribution < 1.29 is 9.53 Å². The molecule has 0 saturated heterocycles. The van der Waals surface area contributed by atoms with E-state index in [-0.39, 0.29) is 15.8 Å². The number of halogens is 4. The smallest absolute Gasteiger partial charge is 0.240 e. The van der Waals surface area contributed by atoms with Gasteiger partial charge in [0.15, 0.2) is 5.75 Å². The van der Waals surface area contributed by atoms with Crippen LogP contribution >= 0.6 is 50.7 Å². The number of nitrogens with zero attached hydrogens (tertiary/aromatic N) is 1. The maximum absolute atomic E-state index is 10.2. The van der Waals surface area contributed by atoms with E-state index >= 15 is 0 Å². The summed E-state index contributed by atoms with van der Waals surface area (Å²) in [7, 11) is 0. The van der Waals surface area contributed by atoms with Gasteiger partial charge in [0.2, 0.25) is 6.08 Å². The van der Waals surface area contributed by atoms with E-state index in [1.165, 1.54) is 18.2 Å². The normalized spacial score (nSPS) is 10.0. The zero-order chi connectivity index (χ0) is 14.7. The van der Waals surface area contributed by atoms with Gasteiger partial charge in [0.25, 0.3) is 0 Å². The van der Waals surface area contributed by atoms with Gasteiger partial charge in [0.05, 0.1) is 20.8 Å². The zero-order valence-electron chi connectivity index (χ0n) is 9.66. The Kier molecular flexibility index (Phi) is 5.08. The number of hydrogen-bond acceptors (Lipinski definition) is 3. The minimum Gasteiger partial charge on any atom is -0.453 e. The molecule has 0 spiro atoms. The molecule has 0 heterocycles. The van der Waals surface area contributed by atoms with Gasteiger partial charge in [-0.15, -0.1) is 0 Å². The molecule has 0 aliphatic heterocycles. The SMILES string of the molecule is O=C=Nc1cc(Cl)c(Oc2ccc(Br)cc2Cl)c(Cl)c1. The first-order valence-corrected chi connectivity index (χ1v) is 7.14. The van der Waals surface area contributed by atoms with E-state index in [0.29, 0.717) is 16.5 Å². The van der Waals surface area contributed by atoms with Gasteiger partial charge in [0, 0.05) is 4.47 Å². The molecular weight excluding hydrogens is 388 g/mol. The van der Waals surface area contributed by atoms with Gasteiger partial charge in [-0.25, -0.2) is 4.79 Å². The second-order valence-electron chi connectivity index (χ2n) is 3.62. The number of rotatable bonds is 3. The Morgan fingerprint density at radius 2 is 1.70 bits per heavy atom. The molecule has 2 aromatic rings. The summed E-state index contributed by atoms with van der Waals surface area (Å²) in [6.45, 7) is 0. The fraction of sp³-hybridized carbons (Fsp3) is 0. The van der Waals surface area contributed by atoms with E-state index in [1.807, 2.05) is 0 Å². The van der Waals surface area contributed by atoms with Crippen LogP contribution in [0.4, 0.5) is 5.69 Å². The molecule has 7 heteroatoms. The van der Waals surface area contributed by atoms with Crippen LogP contribution in [0, 0.1) is 0 Å². The summed E-state index contributed by atoms with van der Waals surface area (Å²) in [4.78, 5) is 13.7. The average Bonchev–Trinajstić information content (AvgIpc) is 2.36. The minimum atomic E-state index is 0.213. The van der Waals surface area contributed by atoms with Crippen molar-refractivity contribution in [1.29, 1.82) is 0 Å². The summed E-state index contributed by atoms with van der Waals surface area (Å²) in [6, 6.07) is 8.02. The average molecular weight is 393 g/mol. The van der Waals surface area contributed by atoms with Crippen molar-refractivity contribution >= 4 is 62.5 Å². The summed E-state index contributed by atoms with van der Waals surface area (Å²) in [5.41, 5.74) is 0.296. The first-order valence-electron chi connectivity index (χ1n) is 5.21. The quantitative estimate of drug-likeness (QED) is 0.462. The maximum Gasteiger partial charge on any atom is 0.240 e. The molecule has 3 nitrogen and oxygen atoms in total. The molecule has 0 atom stereocenters. The highest BCUT2D eigenvalue weighted by Gasteiger charge is 2.13. The van der Waals surface area contributed by atoms with Gasteiger partial charge >= 0.3 is 0 Å². The van der Waals surface area contributed by atoms with Crippen molar-refractivity contribution in [2.75, 3.05) is 0 Å². The van der Waals surface area contributed by atoms with Gasteiger partial charge < -0.3 is 4.74 Å². The Labute approximate surface area is 138 Å². The Morgan fingerprint density at radius 1 is 1.05 bits per heavy atom. The summed E-state index contributed by atoms with van der Waals surface area (Å²) < 4.78 is 6.42. The molecule has 0 aliphatic rings. The number of ether oxygens (including phenoxy) is 1. The molecule has 0 aromatic heterocycles. The molecular formula is C13H5BrCl3NO2. The van der Waals surface area contributed by atoms with Gasteiger partial charge in [-0.2, -0.15) is 4.99 Å². The molecule has 20 heavy (non-hydrogen) atoms. The largest absolute Gasteiger partial charge is 0.453 e. The first-order chi connectivity index (χ1) is 9.51. The lowest BCUT2D eigenvalue weighted by Gasteiger charge is -2.11. The highest BCUT2D eigenvalue weighted by Crippen LogP contribution is 2.41. The zero-order valence-corrected chi connectivity index (χ0v) is 13.5. The number of hydrogen-bond donors (Lipinski definition) is 0. The summed E-state index contributed by atoms with van der Waals surface area (Å²) in [6.07, 6.45) is 1.41. The van der Waals surface area contributed by atoms with E-state index in [9.17, 15) is 4.79 Å². The Hall–Kier alpha value is -1.03. The highest BCUT2D eigenvalue weighted by molar-refractivity contribution is 9.10. The molecule has 0 N–H and O–H groups in total. The van der Waals surface area contributed by atoms with E-state index < -0.39 is 0 Å². The van der Waals surface area contributed by atoms with Crippen molar-refractivity contribution in [2.24, 2.45) is 4.99 Å². The second kappa shape index (κ2) is 6.61. The van der Waals surface area contributed by atoms with Crippen LogP contribution in [0.3, 0.4) is 0 Å². The van der Waals surface area contributed by atoms with Crippen LogP contribution in [0.15, 0.2) is 39.8 Å². The third-order valence-electron chi connectivity index (χ3n) is 2.26. The van der Waals surface area contributed by atoms with Crippen LogP contribution in [-0.2, 0) is 4.79 Å². The minimum absolute atomic E-state index is 0.213. The molecule has 0 radical (unpaired) electrons. The van der Waals surface area contributed by atoms with Crippen LogP contribution < -0.4 is 4.74 Å². The predicted molar refractivity (Wildman–Crippen MR) is 83.5 cm³/mol. The van der Waals surface area contributed by atoms with E-state index in [1.54, 1.807) is 18.2 Å². The number of aliphatic imine (C=N–C) groups is 1. The van der Waals surface area contributed by atoms with Gasteiger partial charge in [-0.1, -0.05) is 50.7 Å². The highest BCUT2D eigenvalue weighted by atomic mass is 79.9. The standard InChI is InChI=1S/C13H5BrCl3NO2/c14-7-1-2-12(9(15)3-7)20-13-10(16)4-8(18-6-19)5-11(13)17/h1-5H. The lowest BCUT2D eigenvalue weighted by atomic mass is 10.3. The summed E-state index contributed by atoms with van der Waals surface area (Å²) in [5.74, 6) is 0.646. The van der Waals surface area contributed by atoms with Crippen molar-refractivity contribution in [2.45, 2.75) is 0 Å². The van der Waals surface area contributed by atoms with E-state index in [0.717, 1.165) is 4.47 Å². The van der Waals surface area contributed by atoms with Gasteiger partial charge in [0.1, 0.15) is 5.75 Å². The van der Waals surface area contributed by atoms with Crippen molar-refractivity contribution in [3.8, 4) is 11.5 Å². The number of isocyanates is 1. The topological polar surface area (TPSA) is 38.7 Å². The van der Waals surface area contributed by atoms with E-state index in [2.05, 4.69) is 20.9 Å². The first kappa shape index (κ1) is 15.4. The molecule has 0 saturated carbocycles. The Morgan fingerprint density at radius 3 is 2.25 bits per heavy atom. The van der Waals surface area contributed by atoms with Gasteiger partial charge in [-0.3, -0.25) is 0 Å². The monoisotopic (exact) mass is 391 g/mol. The lowest BCUT2D eigenvalue weighted by Crippen LogP contribution is -1.88. The van der Waals surface area contributed by atoms with Crippen LogP contribution in [0.2, 0.25) is 15.1 Å². The summed E-state index contributed by atoms with van der Waals surface area (Å²) >= 11 is 21.5. The van der Waals surface area contributed by atoms with Crippen molar-refractivity contribution in [1.82, 2.24) is 0 Å². The third kappa shape index (κ3) is 3.54. The van der Waals surface area contributed by atoms with E-state index in [4.69, 9.17) is 39.5 Å². The summed E-state index contributed by atoms with van der Waals surface area (Å²) in [5, 5.41) is 0.831. The van der Waals surface area contributed by atoms with Crippen LogP contribution in [0.1, 0.15) is 0 Å². The van der Waals surface area contributed by atoms with Crippen LogP contribution in [0.5, 0.6) is 11.5 Å². The Bertz CT molecular complexity index is 692. The third-order valence-corrected chi connectivity index (χ3v) is 3.61.